The first-order valence-corrected chi connectivity index (χ1v) is 4.94. The Hall–Kier alpha value is 0.150. The molecule has 1 aliphatic heterocycles. The molecular weight excluding hydrogens is 168 g/mol. The number of methoxy groups -OCH3 is 1. The van der Waals surface area contributed by atoms with E-state index in [0.29, 0.717) is 13.1 Å². The summed E-state index contributed by atoms with van der Waals surface area (Å²) >= 11 is 0. The molecule has 1 fully saturated rings. The second-order valence-electron chi connectivity index (χ2n) is 2.60. The summed E-state index contributed by atoms with van der Waals surface area (Å²) in [6.07, 6.45) is 0.897. The minimum absolute atomic E-state index is 0.0877. The molecule has 5 nitrogen and oxygen atoms in total. The van der Waals surface area contributed by atoms with Crippen LogP contribution in [0.3, 0.4) is 0 Å². The van der Waals surface area contributed by atoms with Gasteiger partial charge < -0.3 is 4.74 Å². The van der Waals surface area contributed by atoms with Gasteiger partial charge in [0.1, 0.15) is 0 Å². The molecule has 1 aliphatic rings. The van der Waals surface area contributed by atoms with Crippen LogP contribution in [0.5, 0.6) is 0 Å². The monoisotopic (exact) mass is 182 g/mol. The molecule has 0 saturated carbocycles. The van der Waals surface area contributed by atoms with Crippen LogP contribution in [0.1, 0.15) is 6.42 Å². The molecule has 0 aromatic carbocycles. The molecule has 0 aromatic rings. The molecule has 11 heavy (non-hydrogen) atoms. The highest BCUT2D eigenvalue weighted by molar-refractivity contribution is 8.20. The summed E-state index contributed by atoms with van der Waals surface area (Å²) < 4.78 is 24.5. The van der Waals surface area contributed by atoms with Crippen molar-refractivity contribution in [3.63, 3.8) is 0 Å². The number of rotatable bonds is 2. The van der Waals surface area contributed by atoms with Crippen molar-refractivity contribution in [3.8, 4) is 0 Å². The first-order valence-electron chi connectivity index (χ1n) is 3.38. The molecule has 0 spiro atoms. The van der Waals surface area contributed by atoms with E-state index in [1.54, 1.807) is 7.11 Å². The summed E-state index contributed by atoms with van der Waals surface area (Å²) in [5, 5.41) is 5.12. The quantitative estimate of drug-likeness (QED) is 0.570. The zero-order chi connectivity index (χ0) is 8.48. The Bertz CT molecular complexity index is 138. The summed E-state index contributed by atoms with van der Waals surface area (Å²) in [5.74, 6) is 0. The van der Waals surface area contributed by atoms with Crippen LogP contribution in [0.15, 0.2) is 0 Å². The van der Waals surface area contributed by atoms with Gasteiger partial charge in [-0.2, -0.15) is 4.31 Å². The topological polar surface area (TPSA) is 79.0 Å². The molecule has 1 heterocycles. The molecule has 0 amide bonds. The highest BCUT2D eigenvalue weighted by atomic mass is 32.3. The van der Waals surface area contributed by atoms with Gasteiger partial charge >= 0.3 is 0 Å². The van der Waals surface area contributed by atoms with Crippen LogP contribution in [0.25, 0.3) is 0 Å². The molecule has 0 bridgehead atoms. The van der Waals surface area contributed by atoms with E-state index in [4.69, 9.17) is 19.0 Å². The van der Waals surface area contributed by atoms with E-state index < -0.39 is 11.0 Å². The first kappa shape index (κ1) is 9.24. The summed E-state index contributed by atoms with van der Waals surface area (Å²) in [5.41, 5.74) is 0. The third kappa shape index (κ3) is 2.29. The minimum atomic E-state index is -2.99. The smallest absolute Gasteiger partial charge is 0.0728 e. The van der Waals surface area contributed by atoms with Gasteiger partial charge in [0.2, 0.25) is 0 Å². The van der Waals surface area contributed by atoms with Crippen molar-refractivity contribution in [2.75, 3.05) is 20.2 Å². The highest BCUT2D eigenvalue weighted by Crippen LogP contribution is 2.37. The maximum absolute atomic E-state index is 9.02. The van der Waals surface area contributed by atoms with Gasteiger partial charge in [0.15, 0.2) is 0 Å². The van der Waals surface area contributed by atoms with Crippen LogP contribution in [-0.2, 0) is 4.74 Å². The molecule has 0 radical (unpaired) electrons. The second kappa shape index (κ2) is 3.26. The van der Waals surface area contributed by atoms with Crippen molar-refractivity contribution >= 4 is 11.0 Å². The summed E-state index contributed by atoms with van der Waals surface area (Å²) in [6, 6.07) is 0. The largest absolute Gasteiger partial charge is 0.380 e. The van der Waals surface area contributed by atoms with Crippen molar-refractivity contribution in [2.24, 2.45) is 5.14 Å². The molecular formula is C5H14N2O3S. The van der Waals surface area contributed by atoms with Crippen LogP contribution in [-0.4, -0.2) is 39.7 Å². The fraction of sp³-hybridized carbons (Fsp3) is 1.00. The number of ether oxygens (including phenoxy) is 1. The Morgan fingerprint density at radius 2 is 2.27 bits per heavy atom. The molecule has 4 N–H and O–H groups in total. The summed E-state index contributed by atoms with van der Waals surface area (Å²) in [6.45, 7) is 1.10. The average molecular weight is 182 g/mol. The SMILES string of the molecule is COC1CCN(S(N)(O)O)C1. The Labute approximate surface area is 67.7 Å². The van der Waals surface area contributed by atoms with Crippen LogP contribution >= 0.6 is 11.0 Å². The van der Waals surface area contributed by atoms with Gasteiger partial charge in [-0.15, -0.1) is 0 Å². The second-order valence-corrected chi connectivity index (χ2v) is 4.23. The van der Waals surface area contributed by atoms with Gasteiger partial charge in [-0.1, -0.05) is 11.0 Å². The van der Waals surface area contributed by atoms with E-state index in [2.05, 4.69) is 0 Å². The maximum Gasteiger partial charge on any atom is 0.0728 e. The van der Waals surface area contributed by atoms with Gasteiger partial charge in [0.25, 0.3) is 0 Å². The summed E-state index contributed by atoms with van der Waals surface area (Å²) in [7, 11) is -1.38. The molecule has 6 heteroatoms. The molecule has 0 aliphatic carbocycles. The van der Waals surface area contributed by atoms with E-state index >= 15 is 0 Å². The maximum atomic E-state index is 9.02. The van der Waals surface area contributed by atoms with Crippen molar-refractivity contribution in [1.82, 2.24) is 4.31 Å². The third-order valence-corrected chi connectivity index (χ3v) is 2.91. The fourth-order valence-electron chi connectivity index (χ4n) is 1.13. The number of nitrogens with two attached hydrogens (primary N) is 1. The lowest BCUT2D eigenvalue weighted by Crippen LogP contribution is -2.31. The Balaban J connectivity index is 2.42. The normalized spacial score (nSPS) is 29.3. The van der Waals surface area contributed by atoms with Crippen molar-refractivity contribution < 1.29 is 13.8 Å². The van der Waals surface area contributed by atoms with E-state index in [1.165, 1.54) is 4.31 Å². The summed E-state index contributed by atoms with van der Waals surface area (Å²) in [4.78, 5) is 0. The predicted molar refractivity (Wildman–Crippen MR) is 44.0 cm³/mol. The average Bonchev–Trinajstić information content (AvgIpc) is 2.32. The number of hydrogen-bond acceptors (Lipinski definition) is 5. The standard InChI is InChI=1S/C5H14N2O3S/c1-10-5-2-3-7(4-5)11(6,8)9/h5,8-9H,2-4,6H2,1H3. The molecule has 68 valence electrons. The lowest BCUT2D eigenvalue weighted by molar-refractivity contribution is 0.114. The van der Waals surface area contributed by atoms with E-state index in [-0.39, 0.29) is 6.10 Å². The van der Waals surface area contributed by atoms with E-state index in [0.717, 1.165) is 6.42 Å². The van der Waals surface area contributed by atoms with Gasteiger partial charge in [-0.05, 0) is 6.42 Å². The van der Waals surface area contributed by atoms with Gasteiger partial charge in [0, 0.05) is 20.2 Å². The van der Waals surface area contributed by atoms with Gasteiger partial charge in [-0.3, -0.25) is 9.11 Å². The number of hydrogen-bond donors (Lipinski definition) is 3. The van der Waals surface area contributed by atoms with Crippen LogP contribution in [0.2, 0.25) is 0 Å². The predicted octanol–water partition coefficient (Wildman–Crippen LogP) is 0.246. The zero-order valence-corrected chi connectivity index (χ0v) is 7.25. The van der Waals surface area contributed by atoms with E-state index in [1.807, 2.05) is 0 Å². The van der Waals surface area contributed by atoms with Crippen molar-refractivity contribution in [2.45, 2.75) is 12.5 Å². The van der Waals surface area contributed by atoms with Crippen molar-refractivity contribution in [3.05, 3.63) is 0 Å². The Morgan fingerprint density at radius 1 is 1.64 bits per heavy atom. The molecule has 1 saturated heterocycles. The molecule has 0 aromatic heterocycles. The van der Waals surface area contributed by atoms with Crippen molar-refractivity contribution in [1.29, 1.82) is 0 Å². The highest BCUT2D eigenvalue weighted by Gasteiger charge is 2.28. The lowest BCUT2D eigenvalue weighted by Gasteiger charge is -2.35. The van der Waals surface area contributed by atoms with E-state index in [9.17, 15) is 0 Å². The van der Waals surface area contributed by atoms with Crippen LogP contribution < -0.4 is 5.14 Å². The Morgan fingerprint density at radius 3 is 2.55 bits per heavy atom. The molecule has 1 unspecified atom stereocenters. The number of nitrogens with zero attached hydrogens (tertiary/aromatic N) is 1. The van der Waals surface area contributed by atoms with Gasteiger partial charge in [0.05, 0.1) is 6.10 Å². The van der Waals surface area contributed by atoms with Crippen LogP contribution in [0.4, 0.5) is 0 Å². The van der Waals surface area contributed by atoms with Crippen LogP contribution in [0, 0.1) is 0 Å². The molecule has 1 atom stereocenters. The fourth-order valence-corrected chi connectivity index (χ4v) is 1.89. The zero-order valence-electron chi connectivity index (χ0n) is 6.43. The lowest BCUT2D eigenvalue weighted by atomic mass is 10.3. The third-order valence-electron chi connectivity index (χ3n) is 1.82. The Kier molecular flexibility index (Phi) is 2.74. The minimum Gasteiger partial charge on any atom is -0.380 e. The molecule has 1 rings (SSSR count). The first-order chi connectivity index (χ1) is 5.04. The van der Waals surface area contributed by atoms with Gasteiger partial charge in [-0.25, -0.2) is 5.14 Å².